The van der Waals surface area contributed by atoms with Crippen LogP contribution < -0.4 is 10.6 Å². The second-order valence-electron chi connectivity index (χ2n) is 6.28. The van der Waals surface area contributed by atoms with E-state index in [1.807, 2.05) is 13.0 Å². The normalized spacial score (nSPS) is 28.5. The van der Waals surface area contributed by atoms with E-state index in [-0.39, 0.29) is 6.04 Å². The number of rotatable bonds is 2. The zero-order valence-corrected chi connectivity index (χ0v) is 13.1. The summed E-state index contributed by atoms with van der Waals surface area (Å²) >= 11 is 6.49. The first-order valence-corrected chi connectivity index (χ1v) is 7.96. The van der Waals surface area contributed by atoms with E-state index in [0.29, 0.717) is 6.04 Å². The average Bonchev–Trinajstić information content (AvgIpc) is 2.64. The number of benzene rings is 1. The van der Waals surface area contributed by atoms with E-state index in [1.165, 1.54) is 19.3 Å². The molecule has 20 heavy (non-hydrogen) atoms. The van der Waals surface area contributed by atoms with Crippen LogP contribution in [0.2, 0.25) is 5.02 Å². The SMILES string of the molecule is C[C@@H](N)c1ccc(N2CCC3CCC(C2)N3C)c(Cl)c1. The lowest BCUT2D eigenvalue weighted by Gasteiger charge is -2.28. The molecule has 3 nitrogen and oxygen atoms in total. The molecule has 2 unspecified atom stereocenters. The lowest BCUT2D eigenvalue weighted by Crippen LogP contribution is -2.36. The average molecular weight is 294 g/mol. The predicted octanol–water partition coefficient (Wildman–Crippen LogP) is 3.03. The third kappa shape index (κ3) is 2.54. The van der Waals surface area contributed by atoms with Crippen molar-refractivity contribution in [3.8, 4) is 0 Å². The number of nitrogens with zero attached hydrogens (tertiary/aromatic N) is 2. The van der Waals surface area contributed by atoms with Crippen molar-refractivity contribution in [2.24, 2.45) is 5.73 Å². The molecule has 0 radical (unpaired) electrons. The Bertz CT molecular complexity index is 489. The number of hydrogen-bond donors (Lipinski definition) is 1. The van der Waals surface area contributed by atoms with E-state index in [2.05, 4.69) is 29.0 Å². The van der Waals surface area contributed by atoms with Gasteiger partial charge in [-0.1, -0.05) is 17.7 Å². The van der Waals surface area contributed by atoms with E-state index in [9.17, 15) is 0 Å². The first-order chi connectivity index (χ1) is 9.56. The highest BCUT2D eigenvalue weighted by atomic mass is 35.5. The van der Waals surface area contributed by atoms with Crippen LogP contribution in [-0.2, 0) is 0 Å². The maximum Gasteiger partial charge on any atom is 0.0642 e. The zero-order valence-electron chi connectivity index (χ0n) is 12.3. The molecule has 3 rings (SSSR count). The topological polar surface area (TPSA) is 32.5 Å². The number of fused-ring (bicyclic) bond motifs is 2. The van der Waals surface area contributed by atoms with Crippen molar-refractivity contribution in [2.45, 2.75) is 44.3 Å². The molecule has 3 atom stereocenters. The molecular formula is C16H24ClN3. The molecule has 2 aliphatic rings. The molecule has 0 aromatic heterocycles. The molecule has 0 spiro atoms. The fourth-order valence-electron chi connectivity index (χ4n) is 3.59. The highest BCUT2D eigenvalue weighted by molar-refractivity contribution is 6.33. The summed E-state index contributed by atoms with van der Waals surface area (Å²) in [7, 11) is 2.27. The first kappa shape index (κ1) is 14.2. The molecule has 0 aliphatic carbocycles. The minimum atomic E-state index is 0.0350. The van der Waals surface area contributed by atoms with Gasteiger partial charge in [0.05, 0.1) is 10.7 Å². The fourth-order valence-corrected chi connectivity index (χ4v) is 3.90. The van der Waals surface area contributed by atoms with Crippen molar-refractivity contribution < 1.29 is 0 Å². The Morgan fingerprint density at radius 1 is 1.25 bits per heavy atom. The van der Waals surface area contributed by atoms with Crippen molar-refractivity contribution >= 4 is 17.3 Å². The summed E-state index contributed by atoms with van der Waals surface area (Å²) in [6.07, 6.45) is 3.90. The van der Waals surface area contributed by atoms with Gasteiger partial charge in [-0.15, -0.1) is 0 Å². The summed E-state index contributed by atoms with van der Waals surface area (Å²) in [6, 6.07) is 7.74. The highest BCUT2D eigenvalue weighted by Crippen LogP contribution is 2.34. The third-order valence-electron chi connectivity index (χ3n) is 4.99. The van der Waals surface area contributed by atoms with Crippen molar-refractivity contribution in [3.05, 3.63) is 28.8 Å². The van der Waals surface area contributed by atoms with Crippen LogP contribution in [0.25, 0.3) is 0 Å². The minimum absolute atomic E-state index is 0.0350. The van der Waals surface area contributed by atoms with Crippen molar-refractivity contribution in [1.29, 1.82) is 0 Å². The maximum absolute atomic E-state index is 6.49. The summed E-state index contributed by atoms with van der Waals surface area (Å²) in [4.78, 5) is 5.01. The number of nitrogens with two attached hydrogens (primary N) is 1. The number of anilines is 1. The Kier molecular flexibility index (Phi) is 3.93. The molecule has 2 bridgehead atoms. The van der Waals surface area contributed by atoms with Crippen LogP contribution in [0.1, 0.15) is 37.8 Å². The van der Waals surface area contributed by atoms with Gasteiger partial charge in [0.1, 0.15) is 0 Å². The molecule has 2 heterocycles. The Balaban J connectivity index is 1.82. The molecular weight excluding hydrogens is 270 g/mol. The molecule has 4 heteroatoms. The van der Waals surface area contributed by atoms with Gasteiger partial charge in [-0.3, -0.25) is 4.90 Å². The van der Waals surface area contributed by atoms with E-state index in [0.717, 1.165) is 35.4 Å². The maximum atomic E-state index is 6.49. The summed E-state index contributed by atoms with van der Waals surface area (Å²) in [5, 5.41) is 0.834. The number of hydrogen-bond acceptors (Lipinski definition) is 3. The lowest BCUT2D eigenvalue weighted by molar-refractivity contribution is 0.254. The Morgan fingerprint density at radius 2 is 2.00 bits per heavy atom. The molecule has 2 fully saturated rings. The molecule has 1 aromatic carbocycles. The Morgan fingerprint density at radius 3 is 2.70 bits per heavy atom. The van der Waals surface area contributed by atoms with Crippen LogP contribution >= 0.6 is 11.6 Å². The second-order valence-corrected chi connectivity index (χ2v) is 6.69. The molecule has 2 saturated heterocycles. The van der Waals surface area contributed by atoms with Crippen LogP contribution in [-0.4, -0.2) is 37.1 Å². The van der Waals surface area contributed by atoms with Crippen molar-refractivity contribution in [2.75, 3.05) is 25.0 Å². The molecule has 2 aliphatic heterocycles. The monoisotopic (exact) mass is 293 g/mol. The molecule has 0 saturated carbocycles. The van der Waals surface area contributed by atoms with E-state index in [1.54, 1.807) is 0 Å². The minimum Gasteiger partial charge on any atom is -0.369 e. The quantitative estimate of drug-likeness (QED) is 0.910. The van der Waals surface area contributed by atoms with Gasteiger partial charge in [-0.25, -0.2) is 0 Å². The van der Waals surface area contributed by atoms with Crippen LogP contribution in [0.3, 0.4) is 0 Å². The van der Waals surface area contributed by atoms with Crippen LogP contribution in [0.15, 0.2) is 18.2 Å². The second kappa shape index (κ2) is 5.55. The first-order valence-electron chi connectivity index (χ1n) is 7.58. The van der Waals surface area contributed by atoms with Gasteiger partial charge in [0.15, 0.2) is 0 Å². The standard InChI is InChI=1S/C16H24ClN3/c1-11(18)12-3-6-16(15(17)9-12)20-8-7-13-4-5-14(10-20)19(13)2/h3,6,9,11,13-14H,4-5,7-8,10,18H2,1-2H3/t11-,13?,14?/m1/s1. The summed E-state index contributed by atoms with van der Waals surface area (Å²) in [5.74, 6) is 0. The fraction of sp³-hybridized carbons (Fsp3) is 0.625. The molecule has 0 amide bonds. The smallest absolute Gasteiger partial charge is 0.0642 e. The molecule has 110 valence electrons. The molecule has 2 N–H and O–H groups in total. The van der Waals surface area contributed by atoms with Crippen LogP contribution in [0.5, 0.6) is 0 Å². The largest absolute Gasteiger partial charge is 0.369 e. The van der Waals surface area contributed by atoms with Gasteiger partial charge in [0.25, 0.3) is 0 Å². The van der Waals surface area contributed by atoms with Crippen molar-refractivity contribution in [1.82, 2.24) is 4.90 Å². The highest BCUT2D eigenvalue weighted by Gasteiger charge is 2.35. The lowest BCUT2D eigenvalue weighted by atomic mass is 10.1. The third-order valence-corrected chi connectivity index (χ3v) is 5.29. The summed E-state index contributed by atoms with van der Waals surface area (Å²) in [5.41, 5.74) is 8.19. The number of halogens is 1. The van der Waals surface area contributed by atoms with E-state index < -0.39 is 0 Å². The zero-order chi connectivity index (χ0) is 14.3. The summed E-state index contributed by atoms with van der Waals surface area (Å²) < 4.78 is 0. The van der Waals surface area contributed by atoms with Gasteiger partial charge < -0.3 is 10.6 Å². The van der Waals surface area contributed by atoms with Gasteiger partial charge in [-0.05, 0) is 50.9 Å². The predicted molar refractivity (Wildman–Crippen MR) is 85.5 cm³/mol. The number of likely N-dealkylation sites (N-methyl/N-ethyl adjacent to an activating group) is 1. The van der Waals surface area contributed by atoms with Gasteiger partial charge >= 0.3 is 0 Å². The van der Waals surface area contributed by atoms with Crippen LogP contribution in [0.4, 0.5) is 5.69 Å². The van der Waals surface area contributed by atoms with Crippen molar-refractivity contribution in [3.63, 3.8) is 0 Å². The Labute approximate surface area is 126 Å². The molecule has 1 aromatic rings. The van der Waals surface area contributed by atoms with Gasteiger partial charge in [-0.2, -0.15) is 0 Å². The van der Waals surface area contributed by atoms with Gasteiger partial charge in [0.2, 0.25) is 0 Å². The van der Waals surface area contributed by atoms with E-state index in [4.69, 9.17) is 17.3 Å². The van der Waals surface area contributed by atoms with E-state index >= 15 is 0 Å². The Hall–Kier alpha value is -0.770. The summed E-state index contributed by atoms with van der Waals surface area (Å²) in [6.45, 7) is 4.18. The van der Waals surface area contributed by atoms with Gasteiger partial charge in [0, 0.05) is 31.2 Å². The van der Waals surface area contributed by atoms with Crippen LogP contribution in [0, 0.1) is 0 Å².